The normalized spacial score (nSPS) is 16.0. The molecule has 0 aliphatic carbocycles. The van der Waals surface area contributed by atoms with Gasteiger partial charge in [0.2, 0.25) is 5.95 Å². The van der Waals surface area contributed by atoms with Gasteiger partial charge >= 0.3 is 0 Å². The lowest BCUT2D eigenvalue weighted by Gasteiger charge is -2.33. The molecule has 7 nitrogen and oxygen atoms in total. The number of unbranched alkanes of at least 4 members (excludes halogenated alkanes) is 1. The summed E-state index contributed by atoms with van der Waals surface area (Å²) in [6.07, 6.45) is 7.98. The third kappa shape index (κ3) is 5.38. The smallest absolute Gasteiger partial charge is 0.245 e. The number of H-pyrrole nitrogens is 2. The summed E-state index contributed by atoms with van der Waals surface area (Å²) in [5.41, 5.74) is 2.44. The van der Waals surface area contributed by atoms with Crippen LogP contribution in [0.5, 0.6) is 0 Å². The molecule has 2 aromatic heterocycles. The van der Waals surface area contributed by atoms with Crippen LogP contribution in [0, 0.1) is 5.92 Å². The first-order chi connectivity index (χ1) is 15.7. The number of nitrogens with one attached hydrogen (secondary N) is 2. The van der Waals surface area contributed by atoms with Crippen LogP contribution in [-0.4, -0.2) is 63.6 Å². The maximum Gasteiger partial charge on any atom is 0.245 e. The number of rotatable bonds is 11. The van der Waals surface area contributed by atoms with Crippen LogP contribution in [-0.2, 0) is 6.42 Å². The van der Waals surface area contributed by atoms with Crippen molar-refractivity contribution >= 4 is 22.6 Å². The number of carbonyl (C=O) groups excluding carboxylic acids is 1. The Bertz CT molecular complexity index is 1000. The minimum absolute atomic E-state index is 0.0642. The van der Waals surface area contributed by atoms with Crippen molar-refractivity contribution in [2.75, 3.05) is 37.6 Å². The number of aromatic nitrogens is 4. The van der Waals surface area contributed by atoms with E-state index in [9.17, 15) is 4.79 Å². The van der Waals surface area contributed by atoms with E-state index in [1.54, 1.807) is 0 Å². The number of fused-ring (bicyclic) bond motifs is 1. The molecule has 172 valence electrons. The highest BCUT2D eigenvalue weighted by Crippen LogP contribution is 2.26. The van der Waals surface area contributed by atoms with Crippen molar-refractivity contribution in [2.24, 2.45) is 5.92 Å². The van der Waals surface area contributed by atoms with Crippen molar-refractivity contribution in [3.63, 3.8) is 0 Å². The fraction of sp³-hybridized carbons (Fsp3) is 0.560. The van der Waals surface area contributed by atoms with Gasteiger partial charge in [0.15, 0.2) is 11.6 Å². The zero-order chi connectivity index (χ0) is 22.3. The van der Waals surface area contributed by atoms with E-state index >= 15 is 0 Å². The molecule has 4 rings (SSSR count). The average Bonchev–Trinajstić information content (AvgIpc) is 3.46. The topological polar surface area (TPSA) is 80.9 Å². The number of anilines is 1. The number of para-hydroxylation sites is 1. The van der Waals surface area contributed by atoms with E-state index in [2.05, 4.69) is 68.2 Å². The average molecular weight is 437 g/mol. The van der Waals surface area contributed by atoms with Crippen LogP contribution in [0.15, 0.2) is 30.5 Å². The summed E-state index contributed by atoms with van der Waals surface area (Å²) in [5.74, 6) is 1.42. The summed E-state index contributed by atoms with van der Waals surface area (Å²) in [5, 5.41) is 8.54. The molecule has 1 unspecified atom stereocenters. The Balaban J connectivity index is 1.39. The van der Waals surface area contributed by atoms with Gasteiger partial charge in [-0.3, -0.25) is 14.8 Å². The molecule has 2 N–H and O–H groups in total. The molecule has 1 aliphatic rings. The molecule has 1 fully saturated rings. The molecule has 1 aromatic carbocycles. The maximum atomic E-state index is 13.1. The van der Waals surface area contributed by atoms with Crippen LogP contribution < -0.4 is 4.90 Å². The number of ketones is 1. The number of aromatic amines is 2. The molecule has 0 spiro atoms. The first-order valence-corrected chi connectivity index (χ1v) is 12.2. The maximum absolute atomic E-state index is 13.1. The number of carbonyl (C=O) groups is 1. The molecule has 0 saturated carbocycles. The van der Waals surface area contributed by atoms with Gasteiger partial charge in [0.25, 0.3) is 0 Å². The second-order valence-corrected chi connectivity index (χ2v) is 9.01. The molecule has 1 atom stereocenters. The van der Waals surface area contributed by atoms with Crippen molar-refractivity contribution in [3.8, 4) is 0 Å². The highest BCUT2D eigenvalue weighted by atomic mass is 16.1. The predicted molar refractivity (Wildman–Crippen MR) is 129 cm³/mol. The van der Waals surface area contributed by atoms with Crippen molar-refractivity contribution in [1.82, 2.24) is 25.1 Å². The summed E-state index contributed by atoms with van der Waals surface area (Å²) < 4.78 is 0. The second kappa shape index (κ2) is 10.8. The second-order valence-electron chi connectivity index (χ2n) is 9.01. The molecule has 1 saturated heterocycles. The zero-order valence-corrected chi connectivity index (χ0v) is 19.4. The van der Waals surface area contributed by atoms with Crippen LogP contribution >= 0.6 is 0 Å². The molecule has 7 heteroatoms. The molecule has 0 amide bonds. The van der Waals surface area contributed by atoms with Gasteiger partial charge in [0.1, 0.15) is 0 Å². The third-order valence-electron chi connectivity index (χ3n) is 6.56. The van der Waals surface area contributed by atoms with Gasteiger partial charge in [-0.1, -0.05) is 44.9 Å². The van der Waals surface area contributed by atoms with E-state index in [1.165, 1.54) is 17.4 Å². The molecule has 0 radical (unpaired) electrons. The number of Topliss-reactive ketones (excluding diaryl/α,β-unsaturated/α-hetero) is 1. The standard InChI is InChI=1S/C25H36N6O/c1-3-5-8-19(16-20-18-26-22-10-7-6-9-21(20)22)17-23(32)24-27-25(29-28-24)31-14-12-30(11-4-2)13-15-31/h6-7,9-10,18-19,26H,3-5,8,11-17H2,1-2H3,(H,27,28,29). The summed E-state index contributed by atoms with van der Waals surface area (Å²) in [6.45, 7) is 9.42. The molecule has 1 aliphatic heterocycles. The van der Waals surface area contributed by atoms with Crippen molar-refractivity contribution in [2.45, 2.75) is 52.4 Å². The molecular formula is C25H36N6O. The Morgan fingerprint density at radius 2 is 1.94 bits per heavy atom. The number of hydrogen-bond acceptors (Lipinski definition) is 5. The van der Waals surface area contributed by atoms with E-state index in [4.69, 9.17) is 0 Å². The van der Waals surface area contributed by atoms with Gasteiger partial charge in [0.05, 0.1) is 0 Å². The van der Waals surface area contributed by atoms with Crippen LogP contribution in [0.25, 0.3) is 10.9 Å². The lowest BCUT2D eigenvalue weighted by Crippen LogP contribution is -2.46. The zero-order valence-electron chi connectivity index (χ0n) is 19.4. The lowest BCUT2D eigenvalue weighted by atomic mass is 9.89. The number of benzene rings is 1. The summed E-state index contributed by atoms with van der Waals surface area (Å²) >= 11 is 0. The van der Waals surface area contributed by atoms with Gasteiger partial charge in [-0.25, -0.2) is 0 Å². The van der Waals surface area contributed by atoms with Gasteiger partial charge in [-0.15, -0.1) is 5.10 Å². The van der Waals surface area contributed by atoms with E-state index < -0.39 is 0 Å². The monoisotopic (exact) mass is 436 g/mol. The van der Waals surface area contributed by atoms with Gasteiger partial charge in [0, 0.05) is 49.7 Å². The van der Waals surface area contributed by atoms with E-state index in [0.717, 1.165) is 63.9 Å². The first-order valence-electron chi connectivity index (χ1n) is 12.2. The van der Waals surface area contributed by atoms with Crippen LogP contribution in [0.2, 0.25) is 0 Å². The van der Waals surface area contributed by atoms with Gasteiger partial charge in [-0.05, 0) is 43.4 Å². The van der Waals surface area contributed by atoms with Crippen LogP contribution in [0.3, 0.4) is 0 Å². The fourth-order valence-electron chi connectivity index (χ4n) is 4.75. The van der Waals surface area contributed by atoms with Crippen molar-refractivity contribution in [3.05, 3.63) is 41.9 Å². The van der Waals surface area contributed by atoms with Gasteiger partial charge < -0.3 is 9.88 Å². The Morgan fingerprint density at radius 3 is 2.72 bits per heavy atom. The quantitative estimate of drug-likeness (QED) is 0.434. The largest absolute Gasteiger partial charge is 0.361 e. The molecular weight excluding hydrogens is 400 g/mol. The Labute approximate surface area is 190 Å². The Kier molecular flexibility index (Phi) is 7.58. The number of hydrogen-bond donors (Lipinski definition) is 2. The highest BCUT2D eigenvalue weighted by Gasteiger charge is 2.23. The van der Waals surface area contributed by atoms with Crippen LogP contribution in [0.4, 0.5) is 5.95 Å². The van der Waals surface area contributed by atoms with Gasteiger partial charge in [-0.2, -0.15) is 4.98 Å². The van der Waals surface area contributed by atoms with E-state index in [1.807, 2.05) is 6.07 Å². The summed E-state index contributed by atoms with van der Waals surface area (Å²) in [7, 11) is 0. The van der Waals surface area contributed by atoms with Crippen LogP contribution in [0.1, 0.15) is 62.1 Å². The van der Waals surface area contributed by atoms with Crippen molar-refractivity contribution in [1.29, 1.82) is 0 Å². The molecule has 0 bridgehead atoms. The Morgan fingerprint density at radius 1 is 1.12 bits per heavy atom. The fourth-order valence-corrected chi connectivity index (χ4v) is 4.75. The summed E-state index contributed by atoms with van der Waals surface area (Å²) in [6, 6.07) is 8.38. The summed E-state index contributed by atoms with van der Waals surface area (Å²) in [4.78, 5) is 25.7. The molecule has 3 heterocycles. The Hall–Kier alpha value is -2.67. The molecule has 3 aromatic rings. The number of nitrogens with zero attached hydrogens (tertiary/aromatic N) is 4. The predicted octanol–water partition coefficient (Wildman–Crippen LogP) is 4.44. The third-order valence-corrected chi connectivity index (χ3v) is 6.56. The molecule has 32 heavy (non-hydrogen) atoms. The SMILES string of the molecule is CCCCC(CC(=O)c1nc(N2CCN(CCC)CC2)n[nH]1)Cc1c[nH]c2ccccc12. The number of piperazine rings is 1. The van der Waals surface area contributed by atoms with E-state index in [-0.39, 0.29) is 5.78 Å². The minimum atomic E-state index is 0.0642. The minimum Gasteiger partial charge on any atom is -0.361 e. The first kappa shape index (κ1) is 22.5. The highest BCUT2D eigenvalue weighted by molar-refractivity contribution is 5.93. The van der Waals surface area contributed by atoms with E-state index in [0.29, 0.717) is 24.1 Å². The van der Waals surface area contributed by atoms with Crippen molar-refractivity contribution < 1.29 is 4.79 Å². The lowest BCUT2D eigenvalue weighted by molar-refractivity contribution is 0.0948.